The zero-order chi connectivity index (χ0) is 19.5. The van der Waals surface area contributed by atoms with E-state index in [0.29, 0.717) is 17.9 Å². The highest BCUT2D eigenvalue weighted by Crippen LogP contribution is 2.40. The van der Waals surface area contributed by atoms with Crippen LogP contribution in [0.1, 0.15) is 65.6 Å². The van der Waals surface area contributed by atoms with Gasteiger partial charge in [0.2, 0.25) is 0 Å². The quantitative estimate of drug-likeness (QED) is 0.728. The molecular formula is C23H25N3O2. The second-order valence-electron chi connectivity index (χ2n) is 7.76. The fourth-order valence-corrected chi connectivity index (χ4v) is 4.37. The third kappa shape index (κ3) is 3.98. The van der Waals surface area contributed by atoms with Gasteiger partial charge in [-0.25, -0.2) is 4.79 Å². The van der Waals surface area contributed by atoms with E-state index >= 15 is 0 Å². The molecule has 0 aliphatic heterocycles. The summed E-state index contributed by atoms with van der Waals surface area (Å²) in [6.07, 6.45) is 6.24. The summed E-state index contributed by atoms with van der Waals surface area (Å²) in [5.74, 6) is 0.753. The van der Waals surface area contributed by atoms with Gasteiger partial charge in [-0.15, -0.1) is 0 Å². The lowest BCUT2D eigenvalue weighted by atomic mass is 9.76. The van der Waals surface area contributed by atoms with Crippen molar-refractivity contribution < 1.29 is 0 Å². The van der Waals surface area contributed by atoms with E-state index in [1.165, 1.54) is 5.56 Å². The predicted octanol–water partition coefficient (Wildman–Crippen LogP) is 3.80. The Balaban J connectivity index is 1.59. The van der Waals surface area contributed by atoms with E-state index in [1.807, 2.05) is 25.1 Å². The summed E-state index contributed by atoms with van der Waals surface area (Å²) in [6, 6.07) is 14.5. The summed E-state index contributed by atoms with van der Waals surface area (Å²) in [5, 5.41) is 0. The zero-order valence-electron chi connectivity index (χ0n) is 16.1. The van der Waals surface area contributed by atoms with Crippen LogP contribution >= 0.6 is 0 Å². The average molecular weight is 375 g/mol. The maximum Gasteiger partial charge on any atom is 0.325 e. The van der Waals surface area contributed by atoms with Crippen molar-refractivity contribution in [2.24, 2.45) is 0 Å². The van der Waals surface area contributed by atoms with Crippen molar-refractivity contribution in [2.45, 2.75) is 50.9 Å². The number of aryl methyl sites for hydroxylation is 1. The van der Waals surface area contributed by atoms with E-state index in [-0.39, 0.29) is 11.5 Å². The van der Waals surface area contributed by atoms with Crippen LogP contribution in [0.4, 0.5) is 0 Å². The number of hydrogen-bond donors (Lipinski definition) is 2. The van der Waals surface area contributed by atoms with Crippen molar-refractivity contribution in [3.8, 4) is 0 Å². The van der Waals surface area contributed by atoms with Gasteiger partial charge in [0.15, 0.2) is 0 Å². The van der Waals surface area contributed by atoms with Crippen LogP contribution in [-0.2, 0) is 6.42 Å². The van der Waals surface area contributed by atoms with Crippen molar-refractivity contribution in [3.63, 3.8) is 0 Å². The standard InChI is InChI=1S/C23H25N3O2/c1-15-11-12-24-19(13-15)14-20-21(25-23(28)26-22(20)27)18-9-7-17(8-10-18)16-5-3-2-4-6-16/h2-6,11-13,17-18H,7-10,14H2,1H3,(H2,25,26,27,28)/t17-,18-. The van der Waals surface area contributed by atoms with E-state index < -0.39 is 5.69 Å². The smallest absolute Gasteiger partial charge is 0.311 e. The molecule has 0 spiro atoms. The Hall–Kier alpha value is -2.95. The fraction of sp³-hybridized carbons (Fsp3) is 0.348. The first-order valence-electron chi connectivity index (χ1n) is 9.92. The molecule has 0 radical (unpaired) electrons. The molecule has 2 heterocycles. The minimum atomic E-state index is -0.425. The van der Waals surface area contributed by atoms with Gasteiger partial charge in [-0.1, -0.05) is 30.3 Å². The molecule has 28 heavy (non-hydrogen) atoms. The third-order valence-electron chi connectivity index (χ3n) is 5.81. The molecular weight excluding hydrogens is 350 g/mol. The van der Waals surface area contributed by atoms with Crippen LogP contribution < -0.4 is 11.2 Å². The van der Waals surface area contributed by atoms with Crippen molar-refractivity contribution in [2.75, 3.05) is 0 Å². The molecule has 144 valence electrons. The number of benzene rings is 1. The number of rotatable bonds is 4. The Morgan fingerprint density at radius 3 is 2.39 bits per heavy atom. The molecule has 0 bridgehead atoms. The highest BCUT2D eigenvalue weighted by molar-refractivity contribution is 5.28. The van der Waals surface area contributed by atoms with Gasteiger partial charge in [0, 0.05) is 29.6 Å². The second kappa shape index (κ2) is 7.97. The molecule has 5 nitrogen and oxygen atoms in total. The molecule has 1 aliphatic rings. The molecule has 3 aromatic rings. The first kappa shape index (κ1) is 18.4. The zero-order valence-corrected chi connectivity index (χ0v) is 16.1. The lowest BCUT2D eigenvalue weighted by molar-refractivity contribution is 0.388. The maximum atomic E-state index is 12.6. The molecule has 0 atom stereocenters. The first-order chi connectivity index (χ1) is 13.6. The Kier molecular flexibility index (Phi) is 5.24. The molecule has 0 amide bonds. The van der Waals surface area contributed by atoms with Crippen molar-refractivity contribution >= 4 is 0 Å². The Morgan fingerprint density at radius 1 is 0.964 bits per heavy atom. The molecule has 0 saturated heterocycles. The van der Waals surface area contributed by atoms with E-state index in [1.54, 1.807) is 6.20 Å². The van der Waals surface area contributed by atoms with Gasteiger partial charge in [0.05, 0.1) is 0 Å². The van der Waals surface area contributed by atoms with Crippen LogP contribution in [0.25, 0.3) is 0 Å². The minimum absolute atomic E-state index is 0.203. The van der Waals surface area contributed by atoms with E-state index in [4.69, 9.17) is 0 Å². The topological polar surface area (TPSA) is 78.6 Å². The normalized spacial score (nSPS) is 19.5. The van der Waals surface area contributed by atoms with Gasteiger partial charge in [-0.3, -0.25) is 14.8 Å². The van der Waals surface area contributed by atoms with Crippen LogP contribution in [0.3, 0.4) is 0 Å². The number of nitrogens with one attached hydrogen (secondary N) is 2. The first-order valence-corrected chi connectivity index (χ1v) is 9.92. The number of hydrogen-bond acceptors (Lipinski definition) is 3. The minimum Gasteiger partial charge on any atom is -0.311 e. The Morgan fingerprint density at radius 2 is 1.68 bits per heavy atom. The molecule has 2 N–H and O–H groups in total. The lowest BCUT2D eigenvalue weighted by Gasteiger charge is -2.29. The molecule has 1 fully saturated rings. The molecule has 4 rings (SSSR count). The lowest BCUT2D eigenvalue weighted by Crippen LogP contribution is -2.30. The molecule has 5 heteroatoms. The van der Waals surface area contributed by atoms with E-state index in [9.17, 15) is 9.59 Å². The average Bonchev–Trinajstić information content (AvgIpc) is 2.71. The van der Waals surface area contributed by atoms with Gasteiger partial charge in [-0.2, -0.15) is 0 Å². The maximum absolute atomic E-state index is 12.6. The number of aromatic nitrogens is 3. The van der Waals surface area contributed by atoms with Crippen molar-refractivity contribution in [1.82, 2.24) is 15.0 Å². The van der Waals surface area contributed by atoms with Crippen LogP contribution in [0.5, 0.6) is 0 Å². The SMILES string of the molecule is Cc1ccnc(Cc2c(=O)[nH]c(=O)[nH]c2[C@H]2CC[C@H](c3ccccc3)CC2)c1. The third-order valence-corrected chi connectivity index (χ3v) is 5.81. The fourth-order valence-electron chi connectivity index (χ4n) is 4.37. The van der Waals surface area contributed by atoms with E-state index in [2.05, 4.69) is 39.2 Å². The Bertz CT molecular complexity index is 1060. The monoisotopic (exact) mass is 375 g/mol. The molecule has 1 aliphatic carbocycles. The number of aromatic amines is 2. The summed E-state index contributed by atoms with van der Waals surface area (Å²) >= 11 is 0. The molecule has 1 aromatic carbocycles. The van der Waals surface area contributed by atoms with Gasteiger partial charge >= 0.3 is 5.69 Å². The highest BCUT2D eigenvalue weighted by atomic mass is 16.2. The summed E-state index contributed by atoms with van der Waals surface area (Å²) in [7, 11) is 0. The van der Waals surface area contributed by atoms with E-state index in [0.717, 1.165) is 42.6 Å². The van der Waals surface area contributed by atoms with Crippen LogP contribution in [0.2, 0.25) is 0 Å². The number of pyridine rings is 1. The van der Waals surface area contributed by atoms with Crippen molar-refractivity contribution in [1.29, 1.82) is 0 Å². The summed E-state index contributed by atoms with van der Waals surface area (Å²) < 4.78 is 0. The predicted molar refractivity (Wildman–Crippen MR) is 110 cm³/mol. The van der Waals surface area contributed by atoms with Crippen LogP contribution in [0, 0.1) is 6.92 Å². The van der Waals surface area contributed by atoms with Crippen LogP contribution in [-0.4, -0.2) is 15.0 Å². The van der Waals surface area contributed by atoms with Crippen molar-refractivity contribution in [3.05, 3.63) is 97.6 Å². The molecule has 1 saturated carbocycles. The second-order valence-corrected chi connectivity index (χ2v) is 7.76. The molecule has 0 unspecified atom stereocenters. The number of H-pyrrole nitrogens is 2. The summed E-state index contributed by atoms with van der Waals surface area (Å²) in [6.45, 7) is 2.01. The summed E-state index contributed by atoms with van der Waals surface area (Å²) in [5.41, 5.74) is 4.04. The van der Waals surface area contributed by atoms with Gasteiger partial charge in [-0.05, 0) is 67.7 Å². The largest absolute Gasteiger partial charge is 0.325 e. The van der Waals surface area contributed by atoms with Crippen LogP contribution in [0.15, 0.2) is 58.3 Å². The van der Waals surface area contributed by atoms with Gasteiger partial charge in [0.25, 0.3) is 5.56 Å². The number of nitrogens with zero attached hydrogens (tertiary/aromatic N) is 1. The highest BCUT2D eigenvalue weighted by Gasteiger charge is 2.27. The summed E-state index contributed by atoms with van der Waals surface area (Å²) in [4.78, 5) is 34.3. The van der Waals surface area contributed by atoms with Gasteiger partial charge < -0.3 is 4.98 Å². The van der Waals surface area contributed by atoms with Gasteiger partial charge in [0.1, 0.15) is 0 Å². The molecule has 2 aromatic heterocycles. The Labute approximate surface area is 163 Å².